The number of fused-ring (bicyclic) bond motifs is 1. The topological polar surface area (TPSA) is 29.0 Å². The first-order valence-corrected chi connectivity index (χ1v) is 5.54. The van der Waals surface area contributed by atoms with Crippen LogP contribution >= 0.6 is 0 Å². The average molecular weight is 215 g/mol. The van der Waals surface area contributed by atoms with E-state index in [1.165, 1.54) is 5.39 Å². The lowest BCUT2D eigenvalue weighted by molar-refractivity contribution is 0.412. The van der Waals surface area contributed by atoms with Crippen LogP contribution in [0.25, 0.3) is 10.9 Å². The minimum absolute atomic E-state index is 0.854. The van der Waals surface area contributed by atoms with Crippen LogP contribution in [0.15, 0.2) is 24.3 Å². The van der Waals surface area contributed by atoms with E-state index in [1.54, 1.807) is 0 Å². The Morgan fingerprint density at radius 3 is 2.62 bits per heavy atom. The molecule has 0 spiro atoms. The van der Waals surface area contributed by atoms with Crippen LogP contribution in [0, 0.1) is 6.92 Å². The van der Waals surface area contributed by atoms with Crippen LogP contribution in [0.4, 0.5) is 0 Å². The highest BCUT2D eigenvalue weighted by molar-refractivity contribution is 5.80. The van der Waals surface area contributed by atoms with Gasteiger partial charge in [0.05, 0.1) is 11.2 Å². The monoisotopic (exact) mass is 215 g/mol. The van der Waals surface area contributed by atoms with Crippen molar-refractivity contribution >= 4 is 10.9 Å². The Labute approximate surface area is 96.1 Å². The van der Waals surface area contributed by atoms with Crippen molar-refractivity contribution in [2.24, 2.45) is 0 Å². The number of nitrogens with zero attached hydrogens (tertiary/aromatic N) is 3. The summed E-state index contributed by atoms with van der Waals surface area (Å²) in [6.07, 6.45) is 0.969. The van der Waals surface area contributed by atoms with E-state index >= 15 is 0 Å². The molecule has 0 unspecified atom stereocenters. The van der Waals surface area contributed by atoms with Gasteiger partial charge in [0.2, 0.25) is 0 Å². The Balaban J connectivity index is 2.42. The molecule has 0 saturated carbocycles. The molecule has 84 valence electrons. The summed E-state index contributed by atoms with van der Waals surface area (Å²) in [6.45, 7) is 2.96. The number of benzene rings is 1. The van der Waals surface area contributed by atoms with Gasteiger partial charge in [-0.3, -0.25) is 0 Å². The maximum Gasteiger partial charge on any atom is 0.126 e. The normalized spacial score (nSPS) is 11.2. The number of hydrogen-bond donors (Lipinski definition) is 0. The van der Waals surface area contributed by atoms with Crippen molar-refractivity contribution in [3.8, 4) is 0 Å². The minimum atomic E-state index is 0.854. The first-order valence-electron chi connectivity index (χ1n) is 5.54. The van der Waals surface area contributed by atoms with E-state index in [9.17, 15) is 0 Å². The van der Waals surface area contributed by atoms with Gasteiger partial charge in [-0.05, 0) is 27.1 Å². The molecule has 0 atom stereocenters. The van der Waals surface area contributed by atoms with Gasteiger partial charge >= 0.3 is 0 Å². The highest BCUT2D eigenvalue weighted by Gasteiger charge is 2.05. The highest BCUT2D eigenvalue weighted by Crippen LogP contribution is 2.15. The van der Waals surface area contributed by atoms with E-state index in [-0.39, 0.29) is 0 Å². The lowest BCUT2D eigenvalue weighted by Gasteiger charge is -2.10. The number of para-hydroxylation sites is 1. The van der Waals surface area contributed by atoms with E-state index in [2.05, 4.69) is 35.0 Å². The van der Waals surface area contributed by atoms with E-state index in [1.807, 2.05) is 25.1 Å². The first kappa shape index (κ1) is 11.0. The van der Waals surface area contributed by atoms with Crippen molar-refractivity contribution < 1.29 is 0 Å². The number of aryl methyl sites for hydroxylation is 1. The fraction of sp³-hybridized carbons (Fsp3) is 0.385. The predicted molar refractivity (Wildman–Crippen MR) is 66.5 cm³/mol. The fourth-order valence-electron chi connectivity index (χ4n) is 1.79. The van der Waals surface area contributed by atoms with Gasteiger partial charge < -0.3 is 4.90 Å². The van der Waals surface area contributed by atoms with Crippen LogP contribution in [-0.4, -0.2) is 35.5 Å². The van der Waals surface area contributed by atoms with Gasteiger partial charge in [-0.25, -0.2) is 9.97 Å². The van der Waals surface area contributed by atoms with E-state index in [0.717, 1.165) is 30.0 Å². The zero-order chi connectivity index (χ0) is 11.5. The third kappa shape index (κ3) is 2.36. The van der Waals surface area contributed by atoms with Crippen molar-refractivity contribution in [3.63, 3.8) is 0 Å². The molecule has 1 heterocycles. The summed E-state index contributed by atoms with van der Waals surface area (Å²) in [5.74, 6) is 0.854. The molecule has 1 aromatic carbocycles. The molecule has 0 amide bonds. The van der Waals surface area contributed by atoms with Crippen LogP contribution in [0.5, 0.6) is 0 Å². The van der Waals surface area contributed by atoms with E-state index in [4.69, 9.17) is 0 Å². The quantitative estimate of drug-likeness (QED) is 0.784. The molecule has 0 aliphatic heterocycles. The highest BCUT2D eigenvalue weighted by atomic mass is 15.0. The molecule has 16 heavy (non-hydrogen) atoms. The van der Waals surface area contributed by atoms with Crippen molar-refractivity contribution in [3.05, 3.63) is 35.8 Å². The summed E-state index contributed by atoms with van der Waals surface area (Å²) in [5.41, 5.74) is 2.19. The summed E-state index contributed by atoms with van der Waals surface area (Å²) in [7, 11) is 4.16. The Hall–Kier alpha value is -1.48. The van der Waals surface area contributed by atoms with Gasteiger partial charge in [-0.2, -0.15) is 0 Å². The first-order chi connectivity index (χ1) is 7.66. The lowest BCUT2D eigenvalue weighted by atomic mass is 10.1. The van der Waals surface area contributed by atoms with E-state index < -0.39 is 0 Å². The number of likely N-dealkylation sites (N-methyl/N-ethyl adjacent to an activating group) is 1. The van der Waals surface area contributed by atoms with Gasteiger partial charge in [-0.15, -0.1) is 0 Å². The summed E-state index contributed by atoms with van der Waals surface area (Å²) in [5, 5.41) is 1.18. The molecule has 0 radical (unpaired) electrons. The van der Waals surface area contributed by atoms with Crippen molar-refractivity contribution in [1.82, 2.24) is 14.9 Å². The molecule has 0 bridgehead atoms. The minimum Gasteiger partial charge on any atom is -0.309 e. The molecule has 2 rings (SSSR count). The summed E-state index contributed by atoms with van der Waals surface area (Å²) < 4.78 is 0. The Morgan fingerprint density at radius 2 is 1.88 bits per heavy atom. The second-order valence-electron chi connectivity index (χ2n) is 4.29. The largest absolute Gasteiger partial charge is 0.309 e. The molecule has 2 aromatic rings. The molecule has 0 saturated heterocycles. The zero-order valence-corrected chi connectivity index (χ0v) is 10.1. The predicted octanol–water partition coefficient (Wildman–Crippen LogP) is 2.04. The van der Waals surface area contributed by atoms with Crippen LogP contribution in [0.3, 0.4) is 0 Å². The Kier molecular flexibility index (Phi) is 3.15. The summed E-state index contributed by atoms with van der Waals surface area (Å²) in [6, 6.07) is 8.20. The molecule has 3 heteroatoms. The van der Waals surface area contributed by atoms with Crippen molar-refractivity contribution in [2.75, 3.05) is 20.6 Å². The van der Waals surface area contributed by atoms with Crippen LogP contribution in [-0.2, 0) is 6.42 Å². The fourth-order valence-corrected chi connectivity index (χ4v) is 1.79. The molecule has 0 N–H and O–H groups in total. The Bertz CT molecular complexity index is 492. The lowest BCUT2D eigenvalue weighted by Crippen LogP contribution is -2.16. The van der Waals surface area contributed by atoms with Crippen LogP contribution in [0.2, 0.25) is 0 Å². The summed E-state index contributed by atoms with van der Waals surface area (Å²) >= 11 is 0. The molecule has 0 fully saturated rings. The molecular weight excluding hydrogens is 198 g/mol. The number of rotatable bonds is 3. The third-order valence-electron chi connectivity index (χ3n) is 2.59. The maximum absolute atomic E-state index is 4.54. The van der Waals surface area contributed by atoms with Gasteiger partial charge in [0.25, 0.3) is 0 Å². The zero-order valence-electron chi connectivity index (χ0n) is 10.1. The van der Waals surface area contributed by atoms with Crippen LogP contribution < -0.4 is 0 Å². The molecule has 1 aromatic heterocycles. The second kappa shape index (κ2) is 4.58. The van der Waals surface area contributed by atoms with Gasteiger partial charge in [0, 0.05) is 18.4 Å². The van der Waals surface area contributed by atoms with E-state index in [0.29, 0.717) is 0 Å². The SMILES string of the molecule is Cc1nc(CCN(C)C)c2ccccc2n1. The third-order valence-corrected chi connectivity index (χ3v) is 2.59. The van der Waals surface area contributed by atoms with Gasteiger partial charge in [0.1, 0.15) is 5.82 Å². The van der Waals surface area contributed by atoms with Crippen molar-refractivity contribution in [2.45, 2.75) is 13.3 Å². The smallest absolute Gasteiger partial charge is 0.126 e. The van der Waals surface area contributed by atoms with Crippen LogP contribution in [0.1, 0.15) is 11.5 Å². The molecular formula is C13H17N3. The number of aromatic nitrogens is 2. The number of hydrogen-bond acceptors (Lipinski definition) is 3. The van der Waals surface area contributed by atoms with Gasteiger partial charge in [-0.1, -0.05) is 18.2 Å². The summed E-state index contributed by atoms with van der Waals surface area (Å²) in [4.78, 5) is 11.1. The van der Waals surface area contributed by atoms with Crippen molar-refractivity contribution in [1.29, 1.82) is 0 Å². The molecule has 0 aliphatic carbocycles. The average Bonchev–Trinajstić information content (AvgIpc) is 2.25. The van der Waals surface area contributed by atoms with Gasteiger partial charge in [0.15, 0.2) is 0 Å². The molecule has 0 aliphatic rings. The maximum atomic E-state index is 4.54. The standard InChI is InChI=1S/C13H17N3/c1-10-14-12-7-5-4-6-11(12)13(15-10)8-9-16(2)3/h4-7H,8-9H2,1-3H3. The molecule has 3 nitrogen and oxygen atoms in total. The second-order valence-corrected chi connectivity index (χ2v) is 4.29. The Morgan fingerprint density at radius 1 is 1.12 bits per heavy atom.